The van der Waals surface area contributed by atoms with E-state index in [-0.39, 0.29) is 5.78 Å². The van der Waals surface area contributed by atoms with Gasteiger partial charge in [-0.05, 0) is 63.1 Å². The van der Waals surface area contributed by atoms with Gasteiger partial charge in [0.15, 0.2) is 5.78 Å². The summed E-state index contributed by atoms with van der Waals surface area (Å²) in [6.45, 7) is 7.89. The van der Waals surface area contributed by atoms with Gasteiger partial charge in [0.2, 0.25) is 0 Å². The molecule has 1 unspecified atom stereocenters. The normalized spacial score (nSPS) is 11.3. The van der Waals surface area contributed by atoms with Gasteiger partial charge >= 0.3 is 0 Å². The second-order valence-electron chi connectivity index (χ2n) is 6.75. The summed E-state index contributed by atoms with van der Waals surface area (Å²) in [6, 6.07) is 19.0. The van der Waals surface area contributed by atoms with Crippen LogP contribution in [0.2, 0.25) is 0 Å². The van der Waals surface area contributed by atoms with Gasteiger partial charge in [0.25, 0.3) is 0 Å². The van der Waals surface area contributed by atoms with Crippen molar-refractivity contribution >= 4 is 24.2 Å². The highest BCUT2D eigenvalue weighted by Crippen LogP contribution is 2.26. The largest absolute Gasteiger partial charge is 0.289 e. The minimum absolute atomic E-state index is 0.0574. The van der Waals surface area contributed by atoms with Crippen molar-refractivity contribution in [2.24, 2.45) is 0 Å². The van der Waals surface area contributed by atoms with E-state index in [9.17, 15) is 9.36 Å². The number of rotatable bonds is 4. The average molecular weight is 361 g/mol. The van der Waals surface area contributed by atoms with Crippen LogP contribution in [0.25, 0.3) is 0 Å². The van der Waals surface area contributed by atoms with E-state index in [4.69, 9.17) is 0 Å². The Kier molecular flexibility index (Phi) is 5.15. The second-order valence-corrected chi connectivity index (χ2v) is 8.34. The predicted octanol–water partition coefficient (Wildman–Crippen LogP) is 4.93. The Morgan fingerprint density at radius 2 is 1.38 bits per heavy atom. The van der Waals surface area contributed by atoms with Crippen LogP contribution in [-0.4, -0.2) is 5.78 Å². The third kappa shape index (κ3) is 3.52. The van der Waals surface area contributed by atoms with Gasteiger partial charge in [-0.15, -0.1) is 0 Å². The molecule has 0 aromatic heterocycles. The van der Waals surface area contributed by atoms with Crippen LogP contribution in [0, 0.1) is 27.7 Å². The molecule has 26 heavy (non-hydrogen) atoms. The number of hydrogen-bond donors (Lipinski definition) is 0. The van der Waals surface area contributed by atoms with Crippen LogP contribution >= 0.6 is 7.80 Å². The number of benzene rings is 3. The summed E-state index contributed by atoms with van der Waals surface area (Å²) in [5, 5.41) is 1.33. The molecule has 0 spiro atoms. The molecule has 3 heteroatoms. The third-order valence-corrected chi connectivity index (χ3v) is 6.11. The van der Waals surface area contributed by atoms with Gasteiger partial charge in [0.1, 0.15) is 7.80 Å². The van der Waals surface area contributed by atoms with E-state index in [0.29, 0.717) is 16.4 Å². The molecule has 0 amide bonds. The number of carbonyl (C=O) groups is 1. The number of ketones is 1. The summed E-state index contributed by atoms with van der Waals surface area (Å²) < 4.78 is 13.1. The van der Waals surface area contributed by atoms with Crippen molar-refractivity contribution in [1.82, 2.24) is 0 Å². The number of aryl methyl sites for hydroxylation is 4. The molecule has 0 aliphatic rings. The maximum absolute atomic E-state index is 13.4. The smallest absolute Gasteiger partial charge is 0.194 e. The molecular weight excluding hydrogens is 339 g/mol. The van der Waals surface area contributed by atoms with Crippen LogP contribution in [0.15, 0.2) is 60.7 Å². The molecule has 1 radical (unpaired) electrons. The first-order valence-corrected chi connectivity index (χ1v) is 9.90. The lowest BCUT2D eigenvalue weighted by Crippen LogP contribution is -2.18. The van der Waals surface area contributed by atoms with Gasteiger partial charge in [-0.3, -0.25) is 9.36 Å². The number of hydrogen-bond acceptors (Lipinski definition) is 2. The first-order chi connectivity index (χ1) is 12.4. The quantitative estimate of drug-likeness (QED) is 0.488. The van der Waals surface area contributed by atoms with Crippen LogP contribution in [0.4, 0.5) is 0 Å². The Morgan fingerprint density at radius 1 is 0.769 bits per heavy atom. The lowest BCUT2D eigenvalue weighted by atomic mass is 9.92. The Bertz CT molecular complexity index is 981. The highest BCUT2D eigenvalue weighted by Gasteiger charge is 2.22. The summed E-state index contributed by atoms with van der Waals surface area (Å²) in [5.41, 5.74) is 5.26. The molecule has 3 aromatic rings. The van der Waals surface area contributed by atoms with Gasteiger partial charge in [0.05, 0.1) is 0 Å². The molecule has 0 bridgehead atoms. The van der Waals surface area contributed by atoms with Gasteiger partial charge in [-0.25, -0.2) is 0 Å². The van der Waals surface area contributed by atoms with Crippen molar-refractivity contribution < 1.29 is 9.36 Å². The molecule has 0 fully saturated rings. The Hall–Kier alpha value is -2.57. The molecule has 0 aliphatic heterocycles. The fraction of sp³-hybridized carbons (Fsp3) is 0.174. The van der Waals surface area contributed by atoms with Crippen molar-refractivity contribution in [3.63, 3.8) is 0 Å². The molecule has 3 rings (SSSR count). The van der Waals surface area contributed by atoms with Crippen LogP contribution < -0.4 is 10.6 Å². The fourth-order valence-corrected chi connectivity index (χ4v) is 4.70. The van der Waals surface area contributed by atoms with Gasteiger partial charge in [-0.1, -0.05) is 47.5 Å². The molecule has 0 N–H and O–H groups in total. The molecule has 0 heterocycles. The molecule has 0 saturated heterocycles. The minimum atomic E-state index is -1.82. The third-order valence-electron chi connectivity index (χ3n) is 4.51. The van der Waals surface area contributed by atoms with Crippen LogP contribution in [0.1, 0.15) is 38.2 Å². The standard InChI is InChI=1S/C23H22O2P/c1-15-10-11-21(26(25)19-8-6-5-7-9-19)20(14-15)23(24)22-17(3)12-16(2)13-18(22)4/h5-14H,1-4H3. The Balaban J connectivity index is 2.15. The van der Waals surface area contributed by atoms with E-state index < -0.39 is 7.80 Å². The van der Waals surface area contributed by atoms with Crippen molar-refractivity contribution in [3.8, 4) is 0 Å². The zero-order valence-electron chi connectivity index (χ0n) is 15.5. The fourth-order valence-electron chi connectivity index (χ4n) is 3.38. The maximum atomic E-state index is 13.4. The summed E-state index contributed by atoms with van der Waals surface area (Å²) >= 11 is 0. The highest BCUT2D eigenvalue weighted by molar-refractivity contribution is 7.61. The zero-order chi connectivity index (χ0) is 18.8. The molecule has 0 aliphatic carbocycles. The summed E-state index contributed by atoms with van der Waals surface area (Å²) in [5.74, 6) is -0.0574. The van der Waals surface area contributed by atoms with Crippen molar-refractivity contribution in [2.75, 3.05) is 0 Å². The minimum Gasteiger partial charge on any atom is -0.289 e. The van der Waals surface area contributed by atoms with Gasteiger partial charge in [0, 0.05) is 21.7 Å². The van der Waals surface area contributed by atoms with E-state index in [2.05, 4.69) is 0 Å². The monoisotopic (exact) mass is 361 g/mol. The van der Waals surface area contributed by atoms with Crippen molar-refractivity contribution in [3.05, 3.63) is 94.0 Å². The zero-order valence-corrected chi connectivity index (χ0v) is 16.4. The lowest BCUT2D eigenvalue weighted by Gasteiger charge is -2.14. The molecule has 131 valence electrons. The van der Waals surface area contributed by atoms with E-state index >= 15 is 0 Å². The van der Waals surface area contributed by atoms with E-state index in [0.717, 1.165) is 27.6 Å². The van der Waals surface area contributed by atoms with Gasteiger partial charge in [-0.2, -0.15) is 0 Å². The van der Waals surface area contributed by atoms with E-state index in [1.807, 2.05) is 88.4 Å². The van der Waals surface area contributed by atoms with Crippen molar-refractivity contribution in [2.45, 2.75) is 27.7 Å². The van der Waals surface area contributed by atoms with Crippen LogP contribution in [0.3, 0.4) is 0 Å². The second kappa shape index (κ2) is 7.35. The summed E-state index contributed by atoms with van der Waals surface area (Å²) in [7, 11) is -1.82. The molecule has 3 aromatic carbocycles. The number of carbonyl (C=O) groups excluding carboxylic acids is 1. The van der Waals surface area contributed by atoms with Crippen LogP contribution in [-0.2, 0) is 4.57 Å². The SMILES string of the molecule is Cc1cc(C)c(C(=O)c2cc(C)ccc2[P](=O)c2ccccc2)c(C)c1. The molecule has 2 nitrogen and oxygen atoms in total. The molecule has 0 saturated carbocycles. The van der Waals surface area contributed by atoms with Crippen molar-refractivity contribution in [1.29, 1.82) is 0 Å². The molecule has 1 atom stereocenters. The van der Waals surface area contributed by atoms with E-state index in [1.165, 1.54) is 0 Å². The summed E-state index contributed by atoms with van der Waals surface area (Å²) in [4.78, 5) is 13.4. The topological polar surface area (TPSA) is 34.1 Å². The maximum Gasteiger partial charge on any atom is 0.194 e. The molecular formula is C23H22O2P. The summed E-state index contributed by atoms with van der Waals surface area (Å²) in [6.07, 6.45) is 0. The lowest BCUT2D eigenvalue weighted by molar-refractivity contribution is 0.103. The van der Waals surface area contributed by atoms with Gasteiger partial charge < -0.3 is 0 Å². The first kappa shape index (κ1) is 18.2. The van der Waals surface area contributed by atoms with Crippen LogP contribution in [0.5, 0.6) is 0 Å². The highest BCUT2D eigenvalue weighted by atomic mass is 31.1. The Labute approximate surface area is 155 Å². The Morgan fingerprint density at radius 3 is 2.00 bits per heavy atom. The predicted molar refractivity (Wildman–Crippen MR) is 109 cm³/mol. The average Bonchev–Trinajstić information content (AvgIpc) is 2.61. The van der Waals surface area contributed by atoms with E-state index in [1.54, 1.807) is 0 Å². The first-order valence-electron chi connectivity index (χ1n) is 8.64.